The molecule has 1 aliphatic heterocycles. The molecule has 3 heterocycles. The molecule has 1 aliphatic rings. The van der Waals surface area contributed by atoms with Crippen molar-refractivity contribution < 1.29 is 9.47 Å². The molecule has 4 rings (SSSR count). The van der Waals surface area contributed by atoms with E-state index >= 15 is 0 Å². The maximum atomic E-state index is 13.0. The lowest BCUT2D eigenvalue weighted by Gasteiger charge is -2.33. The number of fused-ring (bicyclic) bond motifs is 1. The van der Waals surface area contributed by atoms with Gasteiger partial charge in [0.15, 0.2) is 17.1 Å². The third kappa shape index (κ3) is 3.17. The number of ether oxygens (including phenoxy) is 2. The smallest absolute Gasteiger partial charge is 0.262 e. The molecule has 0 radical (unpaired) electrons. The van der Waals surface area contributed by atoms with Gasteiger partial charge in [0.1, 0.15) is 0 Å². The van der Waals surface area contributed by atoms with Crippen LogP contribution in [0.15, 0.2) is 35.3 Å². The second kappa shape index (κ2) is 7.50. The van der Waals surface area contributed by atoms with Crippen molar-refractivity contribution in [2.24, 2.45) is 0 Å². The zero-order valence-electron chi connectivity index (χ0n) is 16.4. The number of hydrogen-bond acceptors (Lipinski definition) is 6. The minimum Gasteiger partial charge on any atom is -0.493 e. The second-order valence-electron chi connectivity index (χ2n) is 7.05. The molecule has 1 N–H and O–H groups in total. The van der Waals surface area contributed by atoms with Crippen LogP contribution in [-0.4, -0.2) is 41.8 Å². The van der Waals surface area contributed by atoms with E-state index in [1.165, 1.54) is 6.42 Å². The Balaban J connectivity index is 1.84. The first-order chi connectivity index (χ1) is 13.6. The minimum absolute atomic E-state index is 0.185. The standard InChI is InChI=1S/C21H24N4O3/c1-13-6-4-5-11-25(13)21-23-19-18(20(26)24-21)15(9-10-22-19)14-7-8-16(27-2)17(12-14)28-3/h7-10,12-13H,4-6,11H2,1-3H3,(H,22,23,24,26). The highest BCUT2D eigenvalue weighted by Gasteiger charge is 2.22. The maximum absolute atomic E-state index is 13.0. The van der Waals surface area contributed by atoms with Crippen LogP contribution in [0.1, 0.15) is 26.2 Å². The third-order valence-electron chi connectivity index (χ3n) is 5.36. The molecule has 1 aromatic carbocycles. The van der Waals surface area contributed by atoms with Gasteiger partial charge in [-0.3, -0.25) is 9.78 Å². The van der Waals surface area contributed by atoms with Crippen molar-refractivity contribution >= 4 is 17.0 Å². The van der Waals surface area contributed by atoms with Crippen LogP contribution in [0.4, 0.5) is 5.95 Å². The number of nitrogens with zero attached hydrogens (tertiary/aromatic N) is 3. The summed E-state index contributed by atoms with van der Waals surface area (Å²) in [6.07, 6.45) is 5.09. The van der Waals surface area contributed by atoms with Gasteiger partial charge in [-0.2, -0.15) is 4.98 Å². The number of anilines is 1. The highest BCUT2D eigenvalue weighted by Crippen LogP contribution is 2.34. The average molecular weight is 380 g/mol. The Morgan fingerprint density at radius 3 is 2.71 bits per heavy atom. The Morgan fingerprint density at radius 1 is 1.14 bits per heavy atom. The number of piperidine rings is 1. The van der Waals surface area contributed by atoms with Gasteiger partial charge in [0.25, 0.3) is 5.56 Å². The molecule has 0 bridgehead atoms. The van der Waals surface area contributed by atoms with Gasteiger partial charge < -0.3 is 14.4 Å². The summed E-state index contributed by atoms with van der Waals surface area (Å²) in [5.41, 5.74) is 1.87. The van der Waals surface area contributed by atoms with E-state index in [2.05, 4.69) is 26.8 Å². The van der Waals surface area contributed by atoms with Crippen LogP contribution in [0.3, 0.4) is 0 Å². The topological polar surface area (TPSA) is 80.3 Å². The van der Waals surface area contributed by atoms with Gasteiger partial charge in [-0.25, -0.2) is 4.98 Å². The maximum Gasteiger partial charge on any atom is 0.262 e. The lowest BCUT2D eigenvalue weighted by atomic mass is 10.0. The van der Waals surface area contributed by atoms with Crippen molar-refractivity contribution in [1.29, 1.82) is 0 Å². The first kappa shape index (κ1) is 18.3. The van der Waals surface area contributed by atoms with Gasteiger partial charge in [0, 0.05) is 18.8 Å². The highest BCUT2D eigenvalue weighted by molar-refractivity contribution is 5.92. The molecule has 7 nitrogen and oxygen atoms in total. The lowest BCUT2D eigenvalue weighted by molar-refractivity contribution is 0.355. The Morgan fingerprint density at radius 2 is 1.96 bits per heavy atom. The van der Waals surface area contributed by atoms with Crippen LogP contribution >= 0.6 is 0 Å². The van der Waals surface area contributed by atoms with E-state index in [1.54, 1.807) is 20.4 Å². The molecule has 7 heteroatoms. The van der Waals surface area contributed by atoms with Gasteiger partial charge in [0.05, 0.1) is 19.6 Å². The number of pyridine rings is 1. The number of rotatable bonds is 4. The van der Waals surface area contributed by atoms with E-state index in [-0.39, 0.29) is 5.56 Å². The predicted octanol–water partition coefficient (Wildman–Crippen LogP) is 3.38. The molecule has 0 saturated carbocycles. The van der Waals surface area contributed by atoms with E-state index < -0.39 is 0 Å². The number of aromatic nitrogens is 3. The summed E-state index contributed by atoms with van der Waals surface area (Å²) in [6, 6.07) is 7.75. The lowest BCUT2D eigenvalue weighted by Crippen LogP contribution is -2.39. The van der Waals surface area contributed by atoms with E-state index in [9.17, 15) is 4.79 Å². The zero-order chi connectivity index (χ0) is 19.7. The fourth-order valence-electron chi connectivity index (χ4n) is 3.84. The van der Waals surface area contributed by atoms with Crippen LogP contribution in [0.5, 0.6) is 11.5 Å². The number of aromatic amines is 1. The van der Waals surface area contributed by atoms with Gasteiger partial charge in [-0.15, -0.1) is 0 Å². The molecular formula is C21H24N4O3. The molecule has 1 fully saturated rings. The molecule has 146 valence electrons. The van der Waals surface area contributed by atoms with E-state index in [0.717, 1.165) is 30.5 Å². The Labute approximate surface area is 163 Å². The number of benzene rings is 1. The molecule has 1 saturated heterocycles. The van der Waals surface area contributed by atoms with E-state index in [0.29, 0.717) is 34.5 Å². The van der Waals surface area contributed by atoms with Gasteiger partial charge in [0.2, 0.25) is 5.95 Å². The van der Waals surface area contributed by atoms with Crippen LogP contribution in [0.25, 0.3) is 22.2 Å². The normalized spacial score (nSPS) is 17.0. The Hall–Kier alpha value is -3.09. The molecule has 3 aromatic rings. The summed E-state index contributed by atoms with van der Waals surface area (Å²) < 4.78 is 10.7. The number of methoxy groups -OCH3 is 2. The van der Waals surface area contributed by atoms with E-state index in [1.807, 2.05) is 24.3 Å². The van der Waals surface area contributed by atoms with Crippen molar-refractivity contribution in [3.05, 3.63) is 40.8 Å². The van der Waals surface area contributed by atoms with E-state index in [4.69, 9.17) is 9.47 Å². The van der Waals surface area contributed by atoms with Gasteiger partial charge in [-0.05, 0) is 55.5 Å². The fourth-order valence-corrected chi connectivity index (χ4v) is 3.84. The van der Waals surface area contributed by atoms with Crippen LogP contribution in [0.2, 0.25) is 0 Å². The Kier molecular flexibility index (Phi) is 4.90. The molecule has 1 atom stereocenters. The first-order valence-electron chi connectivity index (χ1n) is 9.50. The first-order valence-corrected chi connectivity index (χ1v) is 9.50. The minimum atomic E-state index is -0.185. The molecule has 1 unspecified atom stereocenters. The van der Waals surface area contributed by atoms with Crippen molar-refractivity contribution in [2.45, 2.75) is 32.2 Å². The zero-order valence-corrected chi connectivity index (χ0v) is 16.4. The summed E-state index contributed by atoms with van der Waals surface area (Å²) >= 11 is 0. The number of nitrogens with one attached hydrogen (secondary N) is 1. The molecule has 2 aromatic heterocycles. The van der Waals surface area contributed by atoms with Crippen molar-refractivity contribution in [3.8, 4) is 22.6 Å². The largest absolute Gasteiger partial charge is 0.493 e. The van der Waals surface area contributed by atoms with Crippen LogP contribution in [-0.2, 0) is 0 Å². The quantitative estimate of drug-likeness (QED) is 0.747. The summed E-state index contributed by atoms with van der Waals surface area (Å²) in [6.45, 7) is 3.06. The van der Waals surface area contributed by atoms with Crippen molar-refractivity contribution in [3.63, 3.8) is 0 Å². The van der Waals surface area contributed by atoms with Gasteiger partial charge in [-0.1, -0.05) is 6.07 Å². The van der Waals surface area contributed by atoms with Crippen molar-refractivity contribution in [2.75, 3.05) is 25.7 Å². The van der Waals surface area contributed by atoms with Crippen LogP contribution < -0.4 is 19.9 Å². The Bertz CT molecular complexity index is 1060. The highest BCUT2D eigenvalue weighted by atomic mass is 16.5. The number of hydrogen-bond donors (Lipinski definition) is 1. The monoisotopic (exact) mass is 380 g/mol. The molecule has 0 aliphatic carbocycles. The molecule has 28 heavy (non-hydrogen) atoms. The summed E-state index contributed by atoms with van der Waals surface area (Å²) in [5, 5.41) is 0.475. The second-order valence-corrected chi connectivity index (χ2v) is 7.05. The summed E-state index contributed by atoms with van der Waals surface area (Å²) in [7, 11) is 3.18. The summed E-state index contributed by atoms with van der Waals surface area (Å²) in [5.74, 6) is 1.84. The predicted molar refractivity (Wildman–Crippen MR) is 109 cm³/mol. The summed E-state index contributed by atoms with van der Waals surface area (Å²) in [4.78, 5) is 27.2. The molecular weight excluding hydrogens is 356 g/mol. The van der Waals surface area contributed by atoms with Crippen LogP contribution in [0, 0.1) is 0 Å². The molecule has 0 spiro atoms. The van der Waals surface area contributed by atoms with Crippen molar-refractivity contribution in [1.82, 2.24) is 15.0 Å². The SMILES string of the molecule is COc1ccc(-c2ccnc3nc(N4CCCCC4C)[nH]c(=O)c23)cc1OC. The average Bonchev–Trinajstić information content (AvgIpc) is 2.73. The fraction of sp³-hybridized carbons (Fsp3) is 0.381. The third-order valence-corrected chi connectivity index (χ3v) is 5.36. The number of H-pyrrole nitrogens is 1. The van der Waals surface area contributed by atoms with Gasteiger partial charge >= 0.3 is 0 Å². The molecule has 0 amide bonds.